The van der Waals surface area contributed by atoms with Crippen LogP contribution in [-0.4, -0.2) is 43.6 Å². The molecule has 0 aliphatic carbocycles. The molecular weight excluding hydrogens is 266 g/mol. The van der Waals surface area contributed by atoms with Crippen molar-refractivity contribution in [3.8, 4) is 5.75 Å². The molecule has 0 aromatic heterocycles. The topological polar surface area (TPSA) is 67.6 Å². The third kappa shape index (κ3) is 5.36. The molecule has 1 aromatic carbocycles. The van der Waals surface area contributed by atoms with Crippen molar-refractivity contribution in [2.75, 3.05) is 32.8 Å². The maximum Gasteiger partial charge on any atom is 0.257 e. The van der Waals surface area contributed by atoms with Crippen molar-refractivity contribution in [2.45, 2.75) is 25.8 Å². The SMILES string of the molecule is NCc1ccccc1OCC(=O)NCCCN1CCCC1. The molecule has 0 spiro atoms. The van der Waals surface area contributed by atoms with Gasteiger partial charge < -0.3 is 20.7 Å². The second-order valence-electron chi connectivity index (χ2n) is 5.35. The molecule has 0 radical (unpaired) electrons. The number of benzene rings is 1. The monoisotopic (exact) mass is 291 g/mol. The van der Waals surface area contributed by atoms with Crippen molar-refractivity contribution in [1.29, 1.82) is 0 Å². The lowest BCUT2D eigenvalue weighted by Gasteiger charge is -2.14. The molecule has 116 valence electrons. The zero-order chi connectivity index (χ0) is 14.9. The van der Waals surface area contributed by atoms with Crippen LogP contribution in [0.1, 0.15) is 24.8 Å². The van der Waals surface area contributed by atoms with Crippen LogP contribution < -0.4 is 15.8 Å². The molecule has 0 bridgehead atoms. The minimum atomic E-state index is -0.0803. The van der Waals surface area contributed by atoms with Gasteiger partial charge in [-0.05, 0) is 45.0 Å². The van der Waals surface area contributed by atoms with E-state index >= 15 is 0 Å². The molecule has 0 saturated carbocycles. The van der Waals surface area contributed by atoms with Crippen molar-refractivity contribution in [1.82, 2.24) is 10.2 Å². The van der Waals surface area contributed by atoms with Crippen LogP contribution in [0, 0.1) is 0 Å². The quantitative estimate of drug-likeness (QED) is 0.705. The normalized spacial score (nSPS) is 15.1. The number of hydrogen-bond acceptors (Lipinski definition) is 4. The highest BCUT2D eigenvalue weighted by Crippen LogP contribution is 2.16. The summed E-state index contributed by atoms with van der Waals surface area (Å²) < 4.78 is 5.52. The number of nitrogens with two attached hydrogens (primary N) is 1. The molecule has 1 aliphatic heterocycles. The molecule has 0 unspecified atom stereocenters. The summed E-state index contributed by atoms with van der Waals surface area (Å²) in [7, 11) is 0. The highest BCUT2D eigenvalue weighted by Gasteiger charge is 2.10. The van der Waals surface area contributed by atoms with Crippen LogP contribution in [0.4, 0.5) is 0 Å². The average Bonchev–Trinajstić information content (AvgIpc) is 3.03. The first-order valence-electron chi connectivity index (χ1n) is 7.69. The lowest BCUT2D eigenvalue weighted by atomic mass is 10.2. The molecule has 3 N–H and O–H groups in total. The number of ether oxygens (including phenoxy) is 1. The molecule has 1 saturated heterocycles. The number of likely N-dealkylation sites (tertiary alicyclic amines) is 1. The van der Waals surface area contributed by atoms with Gasteiger partial charge in [-0.15, -0.1) is 0 Å². The Balaban J connectivity index is 1.60. The number of nitrogens with one attached hydrogen (secondary N) is 1. The van der Waals surface area contributed by atoms with E-state index in [1.807, 2.05) is 24.3 Å². The average molecular weight is 291 g/mol. The van der Waals surface area contributed by atoms with Crippen molar-refractivity contribution in [3.63, 3.8) is 0 Å². The largest absolute Gasteiger partial charge is 0.483 e. The van der Waals surface area contributed by atoms with E-state index in [4.69, 9.17) is 10.5 Å². The highest BCUT2D eigenvalue weighted by molar-refractivity contribution is 5.77. The number of rotatable bonds is 8. The van der Waals surface area contributed by atoms with Gasteiger partial charge in [0.1, 0.15) is 5.75 Å². The second kappa shape index (κ2) is 8.64. The Bertz CT molecular complexity index is 445. The number of para-hydroxylation sites is 1. The summed E-state index contributed by atoms with van der Waals surface area (Å²) in [6, 6.07) is 7.53. The Morgan fingerprint density at radius 2 is 2.05 bits per heavy atom. The maximum absolute atomic E-state index is 11.7. The summed E-state index contributed by atoms with van der Waals surface area (Å²) >= 11 is 0. The maximum atomic E-state index is 11.7. The molecule has 5 nitrogen and oxygen atoms in total. The molecule has 1 aliphatic rings. The van der Waals surface area contributed by atoms with Gasteiger partial charge in [-0.3, -0.25) is 4.79 Å². The zero-order valence-corrected chi connectivity index (χ0v) is 12.5. The second-order valence-corrected chi connectivity index (χ2v) is 5.35. The van der Waals surface area contributed by atoms with Gasteiger partial charge in [-0.2, -0.15) is 0 Å². The fourth-order valence-electron chi connectivity index (χ4n) is 2.54. The predicted molar refractivity (Wildman–Crippen MR) is 83.1 cm³/mol. The third-order valence-electron chi connectivity index (χ3n) is 3.72. The van der Waals surface area contributed by atoms with Crippen molar-refractivity contribution in [2.24, 2.45) is 5.73 Å². The Labute approximate surface area is 126 Å². The lowest BCUT2D eigenvalue weighted by Crippen LogP contribution is -2.32. The molecule has 21 heavy (non-hydrogen) atoms. The number of hydrogen-bond donors (Lipinski definition) is 2. The summed E-state index contributed by atoms with van der Waals surface area (Å²) in [5, 5.41) is 2.89. The van der Waals surface area contributed by atoms with E-state index in [-0.39, 0.29) is 12.5 Å². The Morgan fingerprint density at radius 3 is 2.81 bits per heavy atom. The van der Waals surface area contributed by atoms with Crippen molar-refractivity contribution < 1.29 is 9.53 Å². The van der Waals surface area contributed by atoms with Crippen LogP contribution in [-0.2, 0) is 11.3 Å². The number of carbonyl (C=O) groups is 1. The predicted octanol–water partition coefficient (Wildman–Crippen LogP) is 1.13. The molecule has 1 amide bonds. The van der Waals surface area contributed by atoms with E-state index < -0.39 is 0 Å². The highest BCUT2D eigenvalue weighted by atomic mass is 16.5. The van der Waals surface area contributed by atoms with Gasteiger partial charge in [0.15, 0.2) is 6.61 Å². The standard InChI is InChI=1S/C16H25N3O2/c17-12-14-6-1-2-7-15(14)21-13-16(20)18-8-5-11-19-9-3-4-10-19/h1-2,6-7H,3-5,8-13,17H2,(H,18,20). The fraction of sp³-hybridized carbons (Fsp3) is 0.562. The number of carbonyl (C=O) groups excluding carboxylic acids is 1. The minimum Gasteiger partial charge on any atom is -0.483 e. The van der Waals surface area contributed by atoms with Crippen LogP contribution in [0.15, 0.2) is 24.3 Å². The smallest absolute Gasteiger partial charge is 0.257 e. The van der Waals surface area contributed by atoms with Gasteiger partial charge in [-0.1, -0.05) is 18.2 Å². The molecule has 5 heteroatoms. The fourth-order valence-corrected chi connectivity index (χ4v) is 2.54. The van der Waals surface area contributed by atoms with E-state index in [0.717, 1.165) is 18.5 Å². The minimum absolute atomic E-state index is 0.0424. The molecule has 0 atom stereocenters. The third-order valence-corrected chi connectivity index (χ3v) is 3.72. The van der Waals surface area contributed by atoms with E-state index in [1.165, 1.54) is 25.9 Å². The zero-order valence-electron chi connectivity index (χ0n) is 12.5. The number of nitrogens with zero attached hydrogens (tertiary/aromatic N) is 1. The lowest BCUT2D eigenvalue weighted by molar-refractivity contribution is -0.123. The molecular formula is C16H25N3O2. The Hall–Kier alpha value is -1.59. The summed E-state index contributed by atoms with van der Waals surface area (Å²) in [4.78, 5) is 14.2. The number of amides is 1. The van der Waals surface area contributed by atoms with Crippen LogP contribution in [0.5, 0.6) is 5.75 Å². The molecule has 1 aromatic rings. The van der Waals surface area contributed by atoms with E-state index in [1.54, 1.807) is 0 Å². The summed E-state index contributed by atoms with van der Waals surface area (Å²) in [6.45, 7) is 4.63. The van der Waals surface area contributed by atoms with E-state index in [2.05, 4.69) is 10.2 Å². The first-order valence-corrected chi connectivity index (χ1v) is 7.69. The van der Waals surface area contributed by atoms with Crippen molar-refractivity contribution >= 4 is 5.91 Å². The summed E-state index contributed by atoms with van der Waals surface area (Å²) in [6.07, 6.45) is 3.60. The van der Waals surface area contributed by atoms with Gasteiger partial charge in [0.2, 0.25) is 0 Å². The van der Waals surface area contributed by atoms with Crippen molar-refractivity contribution in [3.05, 3.63) is 29.8 Å². The van der Waals surface area contributed by atoms with Gasteiger partial charge in [0.25, 0.3) is 5.91 Å². The van der Waals surface area contributed by atoms with Gasteiger partial charge in [-0.25, -0.2) is 0 Å². The first-order chi connectivity index (χ1) is 10.3. The van der Waals surface area contributed by atoms with Gasteiger partial charge in [0, 0.05) is 18.7 Å². The molecule has 1 fully saturated rings. The molecule has 1 heterocycles. The van der Waals surface area contributed by atoms with E-state index in [9.17, 15) is 4.79 Å². The van der Waals surface area contributed by atoms with Crippen LogP contribution in [0.2, 0.25) is 0 Å². The summed E-state index contributed by atoms with van der Waals surface area (Å²) in [5.74, 6) is 0.607. The Kier molecular flexibility index (Phi) is 6.50. The summed E-state index contributed by atoms with van der Waals surface area (Å²) in [5.41, 5.74) is 6.55. The Morgan fingerprint density at radius 1 is 1.29 bits per heavy atom. The van der Waals surface area contributed by atoms with Gasteiger partial charge in [0.05, 0.1) is 0 Å². The van der Waals surface area contributed by atoms with Crippen LogP contribution >= 0.6 is 0 Å². The van der Waals surface area contributed by atoms with E-state index in [0.29, 0.717) is 18.8 Å². The van der Waals surface area contributed by atoms with Crippen LogP contribution in [0.3, 0.4) is 0 Å². The first kappa shape index (κ1) is 15.8. The molecule has 2 rings (SSSR count). The van der Waals surface area contributed by atoms with Crippen LogP contribution in [0.25, 0.3) is 0 Å². The van der Waals surface area contributed by atoms with Gasteiger partial charge >= 0.3 is 0 Å².